The molecule has 0 aromatic heterocycles. The molecule has 3 N–H and O–H groups in total. The van der Waals surface area contributed by atoms with Crippen LogP contribution in [0, 0.1) is 5.92 Å². The summed E-state index contributed by atoms with van der Waals surface area (Å²) in [6, 6.07) is 6.93. The van der Waals surface area contributed by atoms with Gasteiger partial charge in [0.15, 0.2) is 5.96 Å². The van der Waals surface area contributed by atoms with E-state index in [1.807, 2.05) is 4.90 Å². The molecule has 1 amide bonds. The van der Waals surface area contributed by atoms with Crippen LogP contribution in [0.3, 0.4) is 0 Å². The summed E-state index contributed by atoms with van der Waals surface area (Å²) in [5.74, 6) is 1.21. The van der Waals surface area contributed by atoms with Crippen LogP contribution < -0.4 is 15.4 Å². The second-order valence-electron chi connectivity index (χ2n) is 8.03. The minimum absolute atomic E-state index is 0. The molecule has 1 aromatic carbocycles. The molecule has 174 valence electrons. The number of nitrogens with one attached hydrogen (secondary N) is 3. The number of aliphatic imine (C=N–C) groups is 1. The van der Waals surface area contributed by atoms with Crippen molar-refractivity contribution in [2.75, 3.05) is 27.2 Å². The number of amides is 1. The Hall–Kier alpha value is -1.40. The average molecular weight is 564 g/mol. The molecule has 1 unspecified atom stereocenters. The summed E-state index contributed by atoms with van der Waals surface area (Å²) in [4.78, 5) is 19.3. The zero-order valence-corrected chi connectivity index (χ0v) is 21.4. The fraction of sp³-hybridized carbons (Fsp3) is 0.619. The molecule has 0 bridgehead atoms. The molecular weight excluding hydrogens is 529 g/mol. The van der Waals surface area contributed by atoms with E-state index in [4.69, 9.17) is 0 Å². The molecule has 31 heavy (non-hydrogen) atoms. The number of rotatable bonds is 6. The molecule has 1 atom stereocenters. The monoisotopic (exact) mass is 563 g/mol. The Morgan fingerprint density at radius 3 is 2.42 bits per heavy atom. The molecule has 1 heterocycles. The number of hydrogen-bond acceptors (Lipinski definition) is 4. The van der Waals surface area contributed by atoms with Gasteiger partial charge in [-0.05, 0) is 44.0 Å². The van der Waals surface area contributed by atoms with Gasteiger partial charge in [-0.3, -0.25) is 9.79 Å². The molecule has 3 rings (SSSR count). The Morgan fingerprint density at radius 1 is 1.13 bits per heavy atom. The normalized spacial score (nSPS) is 20.3. The molecule has 0 radical (unpaired) electrons. The van der Waals surface area contributed by atoms with Crippen molar-refractivity contribution >= 4 is 45.9 Å². The zero-order valence-electron chi connectivity index (χ0n) is 18.3. The number of hydrogen-bond donors (Lipinski definition) is 3. The summed E-state index contributed by atoms with van der Waals surface area (Å²) in [5, 5.41) is 6.67. The third-order valence-corrected chi connectivity index (χ3v) is 7.41. The minimum atomic E-state index is -3.43. The number of guanidine groups is 1. The number of likely N-dealkylation sites (tertiary alicyclic amines) is 1. The Bertz CT molecular complexity index is 854. The molecule has 0 spiro atoms. The number of halogens is 1. The zero-order chi connectivity index (χ0) is 21.6. The van der Waals surface area contributed by atoms with Crippen molar-refractivity contribution in [3.8, 4) is 0 Å². The van der Waals surface area contributed by atoms with Crippen LogP contribution >= 0.6 is 24.0 Å². The second-order valence-corrected chi connectivity index (χ2v) is 9.91. The van der Waals surface area contributed by atoms with Crippen molar-refractivity contribution in [3.63, 3.8) is 0 Å². The first-order chi connectivity index (χ1) is 14.4. The highest BCUT2D eigenvalue weighted by molar-refractivity contribution is 14.0. The molecule has 10 heteroatoms. The van der Waals surface area contributed by atoms with Crippen LogP contribution in [0.15, 0.2) is 34.2 Å². The van der Waals surface area contributed by atoms with Crippen molar-refractivity contribution in [2.45, 2.75) is 56.0 Å². The first kappa shape index (κ1) is 25.9. The maximum Gasteiger partial charge on any atom is 0.240 e. The second kappa shape index (κ2) is 12.0. The van der Waals surface area contributed by atoms with E-state index < -0.39 is 10.0 Å². The first-order valence-electron chi connectivity index (χ1n) is 10.7. The molecular formula is C21H34IN5O3S. The molecule has 1 saturated heterocycles. The lowest BCUT2D eigenvalue weighted by Crippen LogP contribution is -2.45. The largest absolute Gasteiger partial charge is 0.352 e. The lowest BCUT2D eigenvalue weighted by molar-refractivity contribution is -0.135. The van der Waals surface area contributed by atoms with Gasteiger partial charge in [-0.1, -0.05) is 31.4 Å². The molecule has 1 saturated carbocycles. The summed E-state index contributed by atoms with van der Waals surface area (Å²) in [5.41, 5.74) is 0.952. The van der Waals surface area contributed by atoms with Gasteiger partial charge < -0.3 is 15.5 Å². The Labute approximate surface area is 202 Å². The van der Waals surface area contributed by atoms with E-state index in [1.165, 1.54) is 26.3 Å². The summed E-state index contributed by atoms with van der Waals surface area (Å²) in [6.45, 7) is 2.04. The lowest BCUT2D eigenvalue weighted by Gasteiger charge is -2.26. The minimum Gasteiger partial charge on any atom is -0.352 e. The van der Waals surface area contributed by atoms with Crippen molar-refractivity contribution < 1.29 is 13.2 Å². The van der Waals surface area contributed by atoms with Gasteiger partial charge in [0.2, 0.25) is 15.9 Å². The standard InChI is InChI=1S/C21H33N5O3S.HI/c1-22-21(24-14-16-8-10-19(11-9-16)30(28,29)23-2)25-18-12-13-26(15-18)20(27)17-6-4-3-5-7-17;/h8-11,17-18,23H,3-7,12-15H2,1-2H3,(H2,22,24,25);1H. The van der Waals surface area contributed by atoms with E-state index in [1.54, 1.807) is 31.3 Å². The van der Waals surface area contributed by atoms with E-state index >= 15 is 0 Å². The highest BCUT2D eigenvalue weighted by Gasteiger charge is 2.31. The summed E-state index contributed by atoms with van der Waals surface area (Å²) in [6.07, 6.45) is 6.57. The van der Waals surface area contributed by atoms with Gasteiger partial charge in [0.25, 0.3) is 0 Å². The van der Waals surface area contributed by atoms with Gasteiger partial charge in [0.1, 0.15) is 0 Å². The summed E-state index contributed by atoms with van der Waals surface area (Å²) in [7, 11) is -0.310. The Morgan fingerprint density at radius 2 is 1.81 bits per heavy atom. The van der Waals surface area contributed by atoms with Crippen LogP contribution in [0.25, 0.3) is 0 Å². The van der Waals surface area contributed by atoms with Crippen LogP contribution in [-0.2, 0) is 21.4 Å². The van der Waals surface area contributed by atoms with Crippen molar-refractivity contribution in [1.29, 1.82) is 0 Å². The van der Waals surface area contributed by atoms with Crippen LogP contribution in [0.4, 0.5) is 0 Å². The van der Waals surface area contributed by atoms with Crippen molar-refractivity contribution in [3.05, 3.63) is 29.8 Å². The number of benzene rings is 1. The lowest BCUT2D eigenvalue weighted by atomic mass is 9.88. The summed E-state index contributed by atoms with van der Waals surface area (Å²) >= 11 is 0. The van der Waals surface area contributed by atoms with Gasteiger partial charge in [0.05, 0.1) is 4.90 Å². The highest BCUT2D eigenvalue weighted by atomic mass is 127. The number of carbonyl (C=O) groups is 1. The fourth-order valence-electron chi connectivity index (χ4n) is 4.16. The molecule has 8 nitrogen and oxygen atoms in total. The summed E-state index contributed by atoms with van der Waals surface area (Å²) < 4.78 is 25.9. The number of sulfonamides is 1. The fourth-order valence-corrected chi connectivity index (χ4v) is 4.89. The van der Waals surface area contributed by atoms with E-state index in [0.717, 1.165) is 31.4 Å². The number of nitrogens with zero attached hydrogens (tertiary/aromatic N) is 2. The van der Waals surface area contributed by atoms with Gasteiger partial charge >= 0.3 is 0 Å². The molecule has 1 aromatic rings. The molecule has 2 fully saturated rings. The van der Waals surface area contributed by atoms with E-state index in [-0.39, 0.29) is 40.8 Å². The van der Waals surface area contributed by atoms with E-state index in [9.17, 15) is 13.2 Å². The smallest absolute Gasteiger partial charge is 0.240 e. The molecule has 1 aliphatic heterocycles. The quantitative estimate of drug-likeness (QED) is 0.280. The van der Waals surface area contributed by atoms with Crippen LogP contribution in [0.2, 0.25) is 0 Å². The van der Waals surface area contributed by atoms with Gasteiger partial charge in [-0.25, -0.2) is 13.1 Å². The topological polar surface area (TPSA) is 103 Å². The Balaban J connectivity index is 0.00000341. The predicted molar refractivity (Wildman–Crippen MR) is 133 cm³/mol. The van der Waals surface area contributed by atoms with Crippen molar-refractivity contribution in [2.24, 2.45) is 10.9 Å². The van der Waals surface area contributed by atoms with Gasteiger partial charge in [-0.2, -0.15) is 0 Å². The van der Waals surface area contributed by atoms with Crippen molar-refractivity contribution in [1.82, 2.24) is 20.3 Å². The van der Waals surface area contributed by atoms with Gasteiger partial charge in [0, 0.05) is 38.6 Å². The van der Waals surface area contributed by atoms with Crippen LogP contribution in [-0.4, -0.2) is 58.4 Å². The first-order valence-corrected chi connectivity index (χ1v) is 12.2. The number of carbonyl (C=O) groups excluding carboxylic acids is 1. The van der Waals surface area contributed by atoms with Crippen LogP contribution in [0.1, 0.15) is 44.1 Å². The van der Waals surface area contributed by atoms with Gasteiger partial charge in [-0.15, -0.1) is 24.0 Å². The maximum atomic E-state index is 12.7. The van der Waals surface area contributed by atoms with E-state index in [0.29, 0.717) is 25.0 Å². The SMILES string of the molecule is CN=C(NCc1ccc(S(=O)(=O)NC)cc1)NC1CCN(C(=O)C2CCCCC2)C1.I. The van der Waals surface area contributed by atoms with E-state index in [2.05, 4.69) is 20.3 Å². The third kappa shape index (κ3) is 7.04. The third-order valence-electron chi connectivity index (χ3n) is 5.98. The highest BCUT2D eigenvalue weighted by Crippen LogP contribution is 2.26. The average Bonchev–Trinajstić information content (AvgIpc) is 3.25. The maximum absolute atomic E-state index is 12.7. The Kier molecular flexibility index (Phi) is 10.0. The molecule has 1 aliphatic carbocycles. The van der Waals surface area contributed by atoms with Crippen LogP contribution in [0.5, 0.6) is 0 Å². The predicted octanol–water partition coefficient (Wildman–Crippen LogP) is 2.06. The molecule has 2 aliphatic rings.